The van der Waals surface area contributed by atoms with E-state index in [1.165, 1.54) is 29.0 Å². The van der Waals surface area contributed by atoms with Gasteiger partial charge in [-0.15, -0.1) is 0 Å². The maximum Gasteiger partial charge on any atom is 0.230 e. The third kappa shape index (κ3) is 3.38. The second kappa shape index (κ2) is 8.19. The van der Waals surface area contributed by atoms with Gasteiger partial charge < -0.3 is 14.8 Å². The number of hydrogen-bond acceptors (Lipinski definition) is 3. The highest BCUT2D eigenvalue weighted by Crippen LogP contribution is 2.44. The highest BCUT2D eigenvalue weighted by Gasteiger charge is 2.37. The van der Waals surface area contributed by atoms with Gasteiger partial charge in [0.15, 0.2) is 0 Å². The van der Waals surface area contributed by atoms with Crippen molar-refractivity contribution in [2.24, 2.45) is 5.92 Å². The molecule has 1 aromatic heterocycles. The van der Waals surface area contributed by atoms with Gasteiger partial charge in [-0.2, -0.15) is 0 Å². The minimum absolute atomic E-state index is 0.0507. The van der Waals surface area contributed by atoms with Crippen LogP contribution in [0.25, 0.3) is 16.5 Å². The summed E-state index contributed by atoms with van der Waals surface area (Å²) >= 11 is 3.80. The largest absolute Gasteiger partial charge is 0.343 e. The van der Waals surface area contributed by atoms with Crippen LogP contribution in [0.2, 0.25) is 0 Å². The Morgan fingerprint density at radius 3 is 2.67 bits per heavy atom. The fourth-order valence-electron chi connectivity index (χ4n) is 4.93. The van der Waals surface area contributed by atoms with E-state index in [-0.39, 0.29) is 23.8 Å². The number of carbonyl (C=O) groups is 2. The predicted molar refractivity (Wildman–Crippen MR) is 123 cm³/mol. The molecular weight excluding hydrogens is 444 g/mol. The zero-order valence-corrected chi connectivity index (χ0v) is 19.6. The fraction of sp³-hybridized carbons (Fsp3) is 0.478. The van der Waals surface area contributed by atoms with Crippen LogP contribution in [0.5, 0.6) is 0 Å². The molecule has 1 aromatic carbocycles. The second-order valence-electron chi connectivity index (χ2n) is 8.19. The molecule has 1 aliphatic carbocycles. The first kappa shape index (κ1) is 21.1. The Labute approximate surface area is 186 Å². The van der Waals surface area contributed by atoms with Gasteiger partial charge in [-0.1, -0.05) is 18.2 Å². The van der Waals surface area contributed by atoms with Gasteiger partial charge in [-0.25, -0.2) is 0 Å². The Morgan fingerprint density at radius 1 is 1.27 bits per heavy atom. The Kier molecular flexibility index (Phi) is 5.77. The summed E-state index contributed by atoms with van der Waals surface area (Å²) in [4.78, 5) is 28.8. The number of likely N-dealkylation sites (N-methyl/N-ethyl adjacent to an activating group) is 1. The summed E-state index contributed by atoms with van der Waals surface area (Å²) in [5.41, 5.74) is 4.82. The Morgan fingerprint density at radius 2 is 2.00 bits per heavy atom. The fourth-order valence-corrected chi connectivity index (χ4v) is 5.61. The summed E-state index contributed by atoms with van der Waals surface area (Å²) in [7, 11) is 2.12. The van der Waals surface area contributed by atoms with E-state index in [1.807, 2.05) is 18.7 Å². The first-order valence-corrected chi connectivity index (χ1v) is 11.4. The number of halogens is 1. The van der Waals surface area contributed by atoms with Crippen LogP contribution in [0.15, 0.2) is 28.9 Å². The third-order valence-corrected chi connectivity index (χ3v) is 7.37. The molecule has 2 amide bonds. The van der Waals surface area contributed by atoms with E-state index in [0.29, 0.717) is 6.67 Å². The van der Waals surface area contributed by atoms with Crippen LogP contribution in [0.4, 0.5) is 0 Å². The van der Waals surface area contributed by atoms with Crippen molar-refractivity contribution < 1.29 is 9.59 Å². The van der Waals surface area contributed by atoms with Gasteiger partial charge in [0.2, 0.25) is 11.8 Å². The summed E-state index contributed by atoms with van der Waals surface area (Å²) in [6.07, 6.45) is 3.10. The summed E-state index contributed by atoms with van der Waals surface area (Å²) in [5, 5.41) is 4.13. The maximum absolute atomic E-state index is 13.1. The van der Waals surface area contributed by atoms with Crippen molar-refractivity contribution in [1.82, 2.24) is 19.7 Å². The molecule has 4 rings (SSSR count). The van der Waals surface area contributed by atoms with Crippen LogP contribution in [-0.4, -0.2) is 58.9 Å². The standard InChI is InChI=1S/C23H29BrN4O2/c1-5-27(6-2)23(30)15-10-17-16-8-7-9-19-21(16)18(11-20(17)26(4)12-15)22(24)28(19)13-25-14(3)29/h7-10,15,20H,5-6,11-13H2,1-4H3,(H,25,29). The van der Waals surface area contributed by atoms with Crippen LogP contribution < -0.4 is 5.32 Å². The zero-order valence-electron chi connectivity index (χ0n) is 18.0. The maximum atomic E-state index is 13.1. The summed E-state index contributed by atoms with van der Waals surface area (Å²) in [6, 6.07) is 6.58. The predicted octanol–water partition coefficient (Wildman–Crippen LogP) is 3.24. The lowest BCUT2D eigenvalue weighted by Crippen LogP contribution is -2.47. The number of carbonyl (C=O) groups excluding carboxylic acids is 2. The number of nitrogens with one attached hydrogen (secondary N) is 1. The molecule has 0 fully saturated rings. The second-order valence-corrected chi connectivity index (χ2v) is 8.94. The van der Waals surface area contributed by atoms with Crippen molar-refractivity contribution in [3.05, 3.63) is 40.0 Å². The molecular formula is C23H29BrN4O2. The van der Waals surface area contributed by atoms with Crippen LogP contribution in [0.1, 0.15) is 31.9 Å². The molecule has 160 valence electrons. The summed E-state index contributed by atoms with van der Waals surface area (Å²) in [5.74, 6) is 0.0354. The van der Waals surface area contributed by atoms with E-state index in [4.69, 9.17) is 0 Å². The molecule has 0 saturated carbocycles. The van der Waals surface area contributed by atoms with E-state index in [2.05, 4.69) is 62.0 Å². The summed E-state index contributed by atoms with van der Waals surface area (Å²) < 4.78 is 3.14. The molecule has 2 heterocycles. The van der Waals surface area contributed by atoms with Gasteiger partial charge in [0, 0.05) is 38.0 Å². The first-order chi connectivity index (χ1) is 14.4. The van der Waals surface area contributed by atoms with Crippen molar-refractivity contribution in [2.75, 3.05) is 26.7 Å². The highest BCUT2D eigenvalue weighted by molar-refractivity contribution is 9.10. The van der Waals surface area contributed by atoms with E-state index >= 15 is 0 Å². The number of nitrogens with zero attached hydrogens (tertiary/aromatic N) is 3. The van der Waals surface area contributed by atoms with Crippen LogP contribution in [0, 0.1) is 5.92 Å². The van der Waals surface area contributed by atoms with Crippen LogP contribution >= 0.6 is 15.9 Å². The molecule has 6 nitrogen and oxygen atoms in total. The van der Waals surface area contributed by atoms with Crippen molar-refractivity contribution in [1.29, 1.82) is 0 Å². The van der Waals surface area contributed by atoms with Gasteiger partial charge >= 0.3 is 0 Å². The molecule has 30 heavy (non-hydrogen) atoms. The Balaban J connectivity index is 1.82. The molecule has 2 aromatic rings. The lowest BCUT2D eigenvalue weighted by atomic mass is 9.79. The van der Waals surface area contributed by atoms with E-state index in [9.17, 15) is 9.59 Å². The number of rotatable bonds is 5. The van der Waals surface area contributed by atoms with E-state index in [1.54, 1.807) is 0 Å². The number of amides is 2. The van der Waals surface area contributed by atoms with Crippen molar-refractivity contribution in [2.45, 2.75) is 39.9 Å². The minimum atomic E-state index is -0.122. The molecule has 2 unspecified atom stereocenters. The van der Waals surface area contributed by atoms with Crippen molar-refractivity contribution in [3.63, 3.8) is 0 Å². The zero-order chi connectivity index (χ0) is 21.6. The molecule has 0 spiro atoms. The average Bonchev–Trinajstić information content (AvgIpc) is 3.00. The van der Waals surface area contributed by atoms with Gasteiger partial charge in [0.05, 0.1) is 22.7 Å². The first-order valence-electron chi connectivity index (χ1n) is 10.6. The lowest BCUT2D eigenvalue weighted by Gasteiger charge is -2.40. The van der Waals surface area contributed by atoms with Gasteiger partial charge in [-0.3, -0.25) is 14.5 Å². The minimum Gasteiger partial charge on any atom is -0.343 e. The number of fused-ring (bicyclic) bond motifs is 2. The number of benzene rings is 1. The highest BCUT2D eigenvalue weighted by atomic mass is 79.9. The molecule has 1 N–H and O–H groups in total. The lowest BCUT2D eigenvalue weighted by molar-refractivity contribution is -0.134. The molecule has 0 bridgehead atoms. The van der Waals surface area contributed by atoms with Crippen molar-refractivity contribution in [3.8, 4) is 0 Å². The normalized spacial score (nSPS) is 20.6. The van der Waals surface area contributed by atoms with E-state index in [0.717, 1.165) is 36.2 Å². The van der Waals surface area contributed by atoms with Gasteiger partial charge in [-0.05, 0) is 66.0 Å². The molecule has 1 aliphatic heterocycles. The topological polar surface area (TPSA) is 57.6 Å². The van der Waals surface area contributed by atoms with Crippen molar-refractivity contribution >= 4 is 44.2 Å². The monoisotopic (exact) mass is 472 g/mol. The van der Waals surface area contributed by atoms with Gasteiger partial charge in [0.25, 0.3) is 0 Å². The smallest absolute Gasteiger partial charge is 0.230 e. The molecule has 2 aliphatic rings. The SMILES string of the molecule is CCN(CC)C(=O)C1C=C2c3cccc4c3c(c(Br)n4CNC(C)=O)CC2N(C)C1. The quantitative estimate of drug-likeness (QED) is 0.726. The summed E-state index contributed by atoms with van der Waals surface area (Å²) in [6.45, 7) is 8.24. The van der Waals surface area contributed by atoms with E-state index < -0.39 is 0 Å². The average molecular weight is 473 g/mol. The Hall–Kier alpha value is -2.12. The molecule has 0 saturated heterocycles. The number of aromatic nitrogens is 1. The Bertz CT molecular complexity index is 1040. The molecule has 7 heteroatoms. The molecule has 2 atom stereocenters. The van der Waals surface area contributed by atoms with Crippen LogP contribution in [0.3, 0.4) is 0 Å². The third-order valence-electron chi connectivity index (χ3n) is 6.46. The van der Waals surface area contributed by atoms with Crippen LogP contribution in [-0.2, 0) is 22.7 Å². The number of hydrogen-bond donors (Lipinski definition) is 1. The van der Waals surface area contributed by atoms with Gasteiger partial charge in [0.1, 0.15) is 0 Å². The molecule has 0 radical (unpaired) electrons.